The Morgan fingerprint density at radius 3 is 2.96 bits per heavy atom. The third-order valence-corrected chi connectivity index (χ3v) is 6.61. The Kier molecular flexibility index (Phi) is 4.19. The van der Waals surface area contributed by atoms with Gasteiger partial charge in [-0.25, -0.2) is 9.97 Å². The highest BCUT2D eigenvalue weighted by molar-refractivity contribution is 7.11. The molecule has 140 valence electrons. The maximum atomic E-state index is 12.9. The quantitative estimate of drug-likeness (QED) is 0.727. The van der Waals surface area contributed by atoms with E-state index in [0.29, 0.717) is 29.4 Å². The average molecular weight is 382 g/mol. The maximum absolute atomic E-state index is 12.9. The summed E-state index contributed by atoms with van der Waals surface area (Å²) < 4.78 is 5.33. The van der Waals surface area contributed by atoms with Crippen LogP contribution in [0.4, 0.5) is 0 Å². The molecule has 0 atom stereocenters. The molecule has 2 aliphatic rings. The molecule has 3 heterocycles. The predicted molar refractivity (Wildman–Crippen MR) is 103 cm³/mol. The van der Waals surface area contributed by atoms with Crippen molar-refractivity contribution >= 4 is 28.3 Å². The van der Waals surface area contributed by atoms with Crippen molar-refractivity contribution in [2.24, 2.45) is 0 Å². The molecule has 1 N–H and O–H groups in total. The summed E-state index contributed by atoms with van der Waals surface area (Å²) in [4.78, 5) is 23.6. The second kappa shape index (κ2) is 6.71. The van der Waals surface area contributed by atoms with E-state index in [1.54, 1.807) is 11.3 Å². The first-order valence-corrected chi connectivity index (χ1v) is 10.5. The van der Waals surface area contributed by atoms with Crippen molar-refractivity contribution < 1.29 is 9.32 Å². The largest absolute Gasteiger partial charge is 0.352 e. The van der Waals surface area contributed by atoms with Gasteiger partial charge in [-0.15, -0.1) is 11.3 Å². The molecule has 0 aromatic carbocycles. The Hall–Kier alpha value is -2.28. The first-order chi connectivity index (χ1) is 13.2. The predicted octanol–water partition coefficient (Wildman–Crippen LogP) is 3.72. The van der Waals surface area contributed by atoms with Crippen LogP contribution in [0.5, 0.6) is 0 Å². The van der Waals surface area contributed by atoms with Crippen LogP contribution >= 0.6 is 11.3 Å². The summed E-state index contributed by atoms with van der Waals surface area (Å²) in [5.74, 6) is 0.366. The monoisotopic (exact) mass is 382 g/mol. The first-order valence-electron chi connectivity index (χ1n) is 9.71. The molecule has 0 unspecified atom stereocenters. The van der Waals surface area contributed by atoms with E-state index in [1.807, 2.05) is 13.0 Å². The molecular weight excluding hydrogens is 360 g/mol. The zero-order valence-corrected chi connectivity index (χ0v) is 16.2. The normalized spacial score (nSPS) is 16.5. The summed E-state index contributed by atoms with van der Waals surface area (Å²) in [6, 6.07) is 1.92. The SMILES string of the molecule is Cc1noc2nc(C3CC3)cc(C(=O)NCCc3nc4c(s3)CCCC4)c12. The molecule has 1 amide bonds. The number of thiazole rings is 1. The number of nitrogens with zero attached hydrogens (tertiary/aromatic N) is 3. The molecule has 3 aromatic rings. The molecule has 0 radical (unpaired) electrons. The number of hydrogen-bond donors (Lipinski definition) is 1. The highest BCUT2D eigenvalue weighted by Crippen LogP contribution is 2.40. The fourth-order valence-electron chi connectivity index (χ4n) is 3.77. The van der Waals surface area contributed by atoms with Crippen LogP contribution in [-0.2, 0) is 19.3 Å². The summed E-state index contributed by atoms with van der Waals surface area (Å²) >= 11 is 1.81. The molecule has 1 fully saturated rings. The third kappa shape index (κ3) is 3.25. The minimum absolute atomic E-state index is 0.0862. The Morgan fingerprint density at radius 1 is 1.30 bits per heavy atom. The summed E-state index contributed by atoms with van der Waals surface area (Å²) in [5, 5.41) is 8.90. The molecule has 27 heavy (non-hydrogen) atoms. The minimum atomic E-state index is -0.0862. The van der Waals surface area contributed by atoms with Crippen molar-refractivity contribution in [1.29, 1.82) is 0 Å². The standard InChI is InChI=1S/C20H22N4O2S/c1-11-18-13(10-15(12-6-7-12)23-20(18)26-24-11)19(25)21-9-8-17-22-14-4-2-3-5-16(14)27-17/h10,12H,2-9H2,1H3,(H,21,25). The second-order valence-corrected chi connectivity index (χ2v) is 8.68. The van der Waals surface area contributed by atoms with Crippen molar-refractivity contribution in [2.75, 3.05) is 6.54 Å². The molecule has 1 saturated carbocycles. The Balaban J connectivity index is 1.32. The molecule has 0 bridgehead atoms. The van der Waals surface area contributed by atoms with Gasteiger partial charge in [0.05, 0.1) is 27.3 Å². The number of aromatic nitrogens is 3. The van der Waals surface area contributed by atoms with Crippen LogP contribution in [0, 0.1) is 6.92 Å². The molecular formula is C20H22N4O2S. The summed E-state index contributed by atoms with van der Waals surface area (Å²) in [7, 11) is 0. The van der Waals surface area contributed by atoms with Crippen LogP contribution in [0.1, 0.15) is 68.9 Å². The van der Waals surface area contributed by atoms with Gasteiger partial charge in [0.25, 0.3) is 11.6 Å². The van der Waals surface area contributed by atoms with E-state index in [2.05, 4.69) is 15.5 Å². The molecule has 0 saturated heterocycles. The Labute approximate surface area is 161 Å². The third-order valence-electron chi connectivity index (χ3n) is 5.39. The maximum Gasteiger partial charge on any atom is 0.259 e. The van der Waals surface area contributed by atoms with Crippen molar-refractivity contribution in [2.45, 2.75) is 57.8 Å². The van der Waals surface area contributed by atoms with Gasteiger partial charge in [0.15, 0.2) is 0 Å². The number of rotatable bonds is 5. The summed E-state index contributed by atoms with van der Waals surface area (Å²) in [6.07, 6.45) is 7.80. The van der Waals surface area contributed by atoms with E-state index in [4.69, 9.17) is 9.51 Å². The number of fused-ring (bicyclic) bond motifs is 2. The number of carbonyl (C=O) groups is 1. The fraction of sp³-hybridized carbons (Fsp3) is 0.500. The summed E-state index contributed by atoms with van der Waals surface area (Å²) in [6.45, 7) is 2.43. The highest BCUT2D eigenvalue weighted by atomic mass is 32.1. The molecule has 0 aliphatic heterocycles. The van der Waals surface area contributed by atoms with E-state index < -0.39 is 0 Å². The van der Waals surface area contributed by atoms with Gasteiger partial charge in [-0.05, 0) is 51.5 Å². The van der Waals surface area contributed by atoms with E-state index in [-0.39, 0.29) is 5.91 Å². The van der Waals surface area contributed by atoms with Crippen molar-refractivity contribution in [1.82, 2.24) is 20.4 Å². The summed E-state index contributed by atoms with van der Waals surface area (Å²) in [5.41, 5.74) is 4.01. The Bertz CT molecular complexity index is 995. The van der Waals surface area contributed by atoms with Crippen molar-refractivity contribution in [3.05, 3.63) is 38.6 Å². The topological polar surface area (TPSA) is 80.9 Å². The lowest BCUT2D eigenvalue weighted by Crippen LogP contribution is -2.26. The molecule has 6 nitrogen and oxygen atoms in total. The molecule has 7 heteroatoms. The van der Waals surface area contributed by atoms with Gasteiger partial charge in [-0.2, -0.15) is 0 Å². The van der Waals surface area contributed by atoms with Gasteiger partial charge in [0.2, 0.25) is 0 Å². The van der Waals surface area contributed by atoms with Gasteiger partial charge < -0.3 is 9.84 Å². The second-order valence-electron chi connectivity index (χ2n) is 7.51. The number of amides is 1. The van der Waals surface area contributed by atoms with Gasteiger partial charge in [0, 0.05) is 29.5 Å². The van der Waals surface area contributed by atoms with Crippen LogP contribution < -0.4 is 5.32 Å². The van der Waals surface area contributed by atoms with Crippen molar-refractivity contribution in [3.8, 4) is 0 Å². The number of nitrogens with one attached hydrogen (secondary N) is 1. The zero-order chi connectivity index (χ0) is 18.4. The highest BCUT2D eigenvalue weighted by Gasteiger charge is 2.28. The van der Waals surface area contributed by atoms with Crippen molar-refractivity contribution in [3.63, 3.8) is 0 Å². The lowest BCUT2D eigenvalue weighted by Gasteiger charge is -2.07. The smallest absolute Gasteiger partial charge is 0.259 e. The first kappa shape index (κ1) is 16.9. The lowest BCUT2D eigenvalue weighted by molar-refractivity contribution is 0.0955. The number of hydrogen-bond acceptors (Lipinski definition) is 6. The van der Waals surface area contributed by atoms with Crippen LogP contribution in [0.3, 0.4) is 0 Å². The molecule has 5 rings (SSSR count). The van der Waals surface area contributed by atoms with Crippen LogP contribution in [0.2, 0.25) is 0 Å². The van der Waals surface area contributed by atoms with Crippen LogP contribution in [-0.4, -0.2) is 27.6 Å². The number of pyridine rings is 1. The minimum Gasteiger partial charge on any atom is -0.352 e. The number of carbonyl (C=O) groups excluding carboxylic acids is 1. The molecule has 2 aliphatic carbocycles. The van der Waals surface area contributed by atoms with Gasteiger partial charge >= 0.3 is 0 Å². The van der Waals surface area contributed by atoms with Crippen LogP contribution in [0.25, 0.3) is 11.1 Å². The van der Waals surface area contributed by atoms with E-state index >= 15 is 0 Å². The van der Waals surface area contributed by atoms with Crippen LogP contribution in [0.15, 0.2) is 10.6 Å². The van der Waals surface area contributed by atoms with Gasteiger partial charge in [0.1, 0.15) is 0 Å². The Morgan fingerprint density at radius 2 is 2.15 bits per heavy atom. The fourth-order valence-corrected chi connectivity index (χ4v) is 4.93. The molecule has 0 spiro atoms. The number of aryl methyl sites for hydroxylation is 3. The lowest BCUT2D eigenvalue weighted by atomic mass is 10.0. The average Bonchev–Trinajstić information content (AvgIpc) is 3.35. The zero-order valence-electron chi connectivity index (χ0n) is 15.4. The van der Waals surface area contributed by atoms with Gasteiger partial charge in [-0.3, -0.25) is 4.79 Å². The van der Waals surface area contributed by atoms with E-state index in [9.17, 15) is 4.79 Å². The van der Waals surface area contributed by atoms with E-state index in [0.717, 1.165) is 48.2 Å². The van der Waals surface area contributed by atoms with Gasteiger partial charge in [-0.1, -0.05) is 5.16 Å². The molecule has 3 aromatic heterocycles. The van der Waals surface area contributed by atoms with E-state index in [1.165, 1.54) is 23.4 Å².